The van der Waals surface area contributed by atoms with Crippen LogP contribution in [0.25, 0.3) is 0 Å². The van der Waals surface area contributed by atoms with Gasteiger partial charge in [-0.25, -0.2) is 0 Å². The minimum Gasteiger partial charge on any atom is -0.356 e. The zero-order valence-corrected chi connectivity index (χ0v) is 17.7. The average Bonchev–Trinajstić information content (AvgIpc) is 3.03. The Labute approximate surface area is 166 Å². The van der Waals surface area contributed by atoms with Gasteiger partial charge in [0.2, 0.25) is 0 Å². The van der Waals surface area contributed by atoms with Crippen molar-refractivity contribution in [3.05, 3.63) is 35.9 Å². The Balaban J connectivity index is 1.68. The van der Waals surface area contributed by atoms with Crippen LogP contribution in [0.2, 0.25) is 0 Å². The van der Waals surface area contributed by atoms with E-state index in [1.54, 1.807) is 0 Å². The summed E-state index contributed by atoms with van der Waals surface area (Å²) in [7, 11) is 1.87. The molecule has 1 fully saturated rings. The number of nitrogens with zero attached hydrogens (tertiary/aromatic N) is 3. The van der Waals surface area contributed by atoms with E-state index in [1.165, 1.54) is 24.9 Å². The van der Waals surface area contributed by atoms with E-state index in [0.29, 0.717) is 12.1 Å². The zero-order chi connectivity index (χ0) is 19.5. The molecule has 1 aliphatic heterocycles. The number of rotatable bonds is 10. The van der Waals surface area contributed by atoms with Gasteiger partial charge < -0.3 is 15.5 Å². The molecule has 5 heteroatoms. The third-order valence-corrected chi connectivity index (χ3v) is 5.58. The lowest BCUT2D eigenvalue weighted by Crippen LogP contribution is -2.44. The molecular formula is C22H39N5. The molecule has 0 saturated carbocycles. The molecule has 0 bridgehead atoms. The summed E-state index contributed by atoms with van der Waals surface area (Å²) in [6.07, 6.45) is 3.57. The van der Waals surface area contributed by atoms with Gasteiger partial charge in [0, 0.05) is 38.8 Å². The third kappa shape index (κ3) is 7.51. The Hall–Kier alpha value is -1.59. The summed E-state index contributed by atoms with van der Waals surface area (Å²) in [5.74, 6) is 0.941. The largest absolute Gasteiger partial charge is 0.356 e. The zero-order valence-electron chi connectivity index (χ0n) is 17.7. The first-order valence-corrected chi connectivity index (χ1v) is 10.6. The summed E-state index contributed by atoms with van der Waals surface area (Å²) < 4.78 is 0. The first kappa shape index (κ1) is 21.7. The highest BCUT2D eigenvalue weighted by atomic mass is 15.3. The number of hydrogen-bond acceptors (Lipinski definition) is 3. The standard InChI is InChI=1S/C22H39N5/c1-5-26(6-2)15-11-10-14-24-22(23-4)25-21-16-19(3)27(18-21)17-20-12-8-7-9-13-20/h7-9,12-13,19,21H,5-6,10-11,14-18H2,1-4H3,(H2,23,24,25). The van der Waals surface area contributed by atoms with Gasteiger partial charge in [0.05, 0.1) is 0 Å². The molecule has 0 radical (unpaired) electrons. The lowest BCUT2D eigenvalue weighted by molar-refractivity contribution is 0.258. The van der Waals surface area contributed by atoms with E-state index < -0.39 is 0 Å². The molecule has 0 spiro atoms. The van der Waals surface area contributed by atoms with Gasteiger partial charge in [0.15, 0.2) is 5.96 Å². The minimum absolute atomic E-state index is 0.464. The van der Waals surface area contributed by atoms with Gasteiger partial charge in [-0.1, -0.05) is 44.2 Å². The van der Waals surface area contributed by atoms with Gasteiger partial charge in [-0.15, -0.1) is 0 Å². The highest BCUT2D eigenvalue weighted by Crippen LogP contribution is 2.20. The fourth-order valence-corrected chi connectivity index (χ4v) is 3.84. The molecule has 1 aromatic rings. The van der Waals surface area contributed by atoms with Crippen LogP contribution in [0.1, 0.15) is 45.6 Å². The second-order valence-corrected chi connectivity index (χ2v) is 7.57. The average molecular weight is 374 g/mol. The molecule has 1 aromatic carbocycles. The summed E-state index contributed by atoms with van der Waals surface area (Å²) in [6.45, 7) is 13.4. The van der Waals surface area contributed by atoms with Crippen LogP contribution in [0, 0.1) is 0 Å². The number of unbranched alkanes of at least 4 members (excludes halogenated alkanes) is 1. The van der Waals surface area contributed by atoms with Crippen molar-refractivity contribution in [3.63, 3.8) is 0 Å². The van der Waals surface area contributed by atoms with Gasteiger partial charge in [-0.2, -0.15) is 0 Å². The fourth-order valence-electron chi connectivity index (χ4n) is 3.84. The van der Waals surface area contributed by atoms with Crippen molar-refractivity contribution in [2.45, 2.75) is 58.7 Å². The van der Waals surface area contributed by atoms with E-state index in [2.05, 4.69) is 76.5 Å². The third-order valence-electron chi connectivity index (χ3n) is 5.58. The van der Waals surface area contributed by atoms with Crippen LogP contribution in [0.3, 0.4) is 0 Å². The van der Waals surface area contributed by atoms with Gasteiger partial charge in [0.1, 0.15) is 0 Å². The van der Waals surface area contributed by atoms with E-state index in [9.17, 15) is 0 Å². The van der Waals surface area contributed by atoms with Crippen molar-refractivity contribution in [2.24, 2.45) is 4.99 Å². The summed E-state index contributed by atoms with van der Waals surface area (Å²) in [5, 5.41) is 7.11. The number of aliphatic imine (C=N–C) groups is 1. The van der Waals surface area contributed by atoms with Gasteiger partial charge in [-0.3, -0.25) is 9.89 Å². The van der Waals surface area contributed by atoms with Crippen LogP contribution in [-0.4, -0.2) is 67.6 Å². The van der Waals surface area contributed by atoms with Crippen LogP contribution in [0.4, 0.5) is 0 Å². The molecule has 152 valence electrons. The van der Waals surface area contributed by atoms with Crippen LogP contribution in [0.5, 0.6) is 0 Å². The molecule has 1 saturated heterocycles. The summed E-state index contributed by atoms with van der Waals surface area (Å²) in [6, 6.07) is 11.8. The Bertz CT molecular complexity index is 541. The first-order chi connectivity index (χ1) is 13.2. The summed E-state index contributed by atoms with van der Waals surface area (Å²) >= 11 is 0. The van der Waals surface area contributed by atoms with Crippen molar-refractivity contribution < 1.29 is 0 Å². The molecule has 2 N–H and O–H groups in total. The van der Waals surface area contributed by atoms with Gasteiger partial charge >= 0.3 is 0 Å². The molecule has 2 rings (SSSR count). The fraction of sp³-hybridized carbons (Fsp3) is 0.682. The Morgan fingerprint density at radius 2 is 1.93 bits per heavy atom. The topological polar surface area (TPSA) is 42.9 Å². The van der Waals surface area contributed by atoms with E-state index >= 15 is 0 Å². The molecule has 2 unspecified atom stereocenters. The van der Waals surface area contributed by atoms with E-state index in [1.807, 2.05) is 7.05 Å². The first-order valence-electron chi connectivity index (χ1n) is 10.6. The van der Waals surface area contributed by atoms with Gasteiger partial charge in [-0.05, 0) is 51.4 Å². The van der Waals surface area contributed by atoms with E-state index in [-0.39, 0.29) is 0 Å². The maximum absolute atomic E-state index is 4.42. The monoisotopic (exact) mass is 373 g/mol. The van der Waals surface area contributed by atoms with Crippen molar-refractivity contribution in [1.82, 2.24) is 20.4 Å². The van der Waals surface area contributed by atoms with E-state index in [4.69, 9.17) is 0 Å². The number of guanidine groups is 1. The molecule has 1 heterocycles. The van der Waals surface area contributed by atoms with Crippen LogP contribution < -0.4 is 10.6 Å². The smallest absolute Gasteiger partial charge is 0.191 e. The van der Waals surface area contributed by atoms with Crippen molar-refractivity contribution in [1.29, 1.82) is 0 Å². The van der Waals surface area contributed by atoms with Crippen molar-refractivity contribution in [3.8, 4) is 0 Å². The number of hydrogen-bond donors (Lipinski definition) is 2. The number of likely N-dealkylation sites (tertiary alicyclic amines) is 1. The normalized spacial score (nSPS) is 21.0. The van der Waals surface area contributed by atoms with Crippen molar-refractivity contribution >= 4 is 5.96 Å². The van der Waals surface area contributed by atoms with Crippen LogP contribution >= 0.6 is 0 Å². The van der Waals surface area contributed by atoms with E-state index in [0.717, 1.165) is 45.1 Å². The van der Waals surface area contributed by atoms with Gasteiger partial charge in [0.25, 0.3) is 0 Å². The second kappa shape index (κ2) is 12.0. The van der Waals surface area contributed by atoms with Crippen LogP contribution in [-0.2, 0) is 6.54 Å². The molecule has 2 atom stereocenters. The molecule has 27 heavy (non-hydrogen) atoms. The second-order valence-electron chi connectivity index (χ2n) is 7.57. The minimum atomic E-state index is 0.464. The maximum Gasteiger partial charge on any atom is 0.191 e. The molecule has 5 nitrogen and oxygen atoms in total. The SMILES string of the molecule is CCN(CC)CCCCNC(=NC)NC1CC(C)N(Cc2ccccc2)C1. The molecule has 1 aliphatic rings. The summed E-state index contributed by atoms with van der Waals surface area (Å²) in [5.41, 5.74) is 1.39. The van der Waals surface area contributed by atoms with Crippen LogP contribution in [0.15, 0.2) is 35.3 Å². The number of benzene rings is 1. The molecule has 0 aromatic heterocycles. The molecular weight excluding hydrogens is 334 g/mol. The maximum atomic E-state index is 4.42. The molecule has 0 amide bonds. The molecule has 0 aliphatic carbocycles. The Morgan fingerprint density at radius 1 is 1.19 bits per heavy atom. The lowest BCUT2D eigenvalue weighted by Gasteiger charge is -2.21. The Kier molecular flexibility index (Phi) is 9.64. The number of nitrogens with one attached hydrogen (secondary N) is 2. The predicted molar refractivity (Wildman–Crippen MR) is 116 cm³/mol. The van der Waals surface area contributed by atoms with Crippen molar-refractivity contribution in [2.75, 3.05) is 39.8 Å². The summed E-state index contributed by atoms with van der Waals surface area (Å²) in [4.78, 5) is 9.46. The highest BCUT2D eigenvalue weighted by molar-refractivity contribution is 5.80. The quantitative estimate of drug-likeness (QED) is 0.376. The highest BCUT2D eigenvalue weighted by Gasteiger charge is 2.29. The Morgan fingerprint density at radius 3 is 2.59 bits per heavy atom. The predicted octanol–water partition coefficient (Wildman–Crippen LogP) is 2.94. The lowest BCUT2D eigenvalue weighted by atomic mass is 10.2.